The van der Waals surface area contributed by atoms with Crippen LogP contribution in [-0.4, -0.2) is 17.3 Å². The van der Waals surface area contributed by atoms with Crippen molar-refractivity contribution in [1.82, 2.24) is 0 Å². The topological polar surface area (TPSA) is 47.7 Å². The highest BCUT2D eigenvalue weighted by Crippen LogP contribution is 2.29. The largest absolute Gasteiger partial charge is 0.303 e. The second-order valence-electron chi connectivity index (χ2n) is 2.17. The zero-order chi connectivity index (χ0) is 7.07. The summed E-state index contributed by atoms with van der Waals surface area (Å²) in [6.07, 6.45) is -1.10. The summed E-state index contributed by atoms with van der Waals surface area (Å²) in [5, 5.41) is 13.6. The Morgan fingerprint density at radius 3 is 1.56 bits per heavy atom. The van der Waals surface area contributed by atoms with Crippen LogP contribution in [-0.2, 0) is 0 Å². The molecule has 0 spiro atoms. The van der Waals surface area contributed by atoms with Gasteiger partial charge < -0.3 is 10.8 Å². The van der Waals surface area contributed by atoms with E-state index in [4.69, 9.17) is 10.8 Å². The zero-order valence-corrected chi connectivity index (χ0v) is 4.67. The first-order valence-corrected chi connectivity index (χ1v) is 2.54. The molecule has 0 atom stereocenters. The predicted molar refractivity (Wildman–Crippen MR) is 29.6 cm³/mol. The van der Waals surface area contributed by atoms with Crippen molar-refractivity contribution >= 4 is 11.4 Å². The number of nitrogens with one attached hydrogen (secondary N) is 2. The third kappa shape index (κ3) is 1.12. The highest BCUT2D eigenvalue weighted by molar-refractivity contribution is 6.42. The second kappa shape index (κ2) is 1.59. The Morgan fingerprint density at radius 1 is 1.11 bits per heavy atom. The summed E-state index contributed by atoms with van der Waals surface area (Å²) >= 11 is 0. The number of halogens is 2. The minimum Gasteiger partial charge on any atom is -0.303 e. The molecule has 1 aliphatic rings. The summed E-state index contributed by atoms with van der Waals surface area (Å²) in [5.41, 5.74) is -0.444. The minimum atomic E-state index is -2.81. The molecule has 0 radical (unpaired) electrons. The van der Waals surface area contributed by atoms with Gasteiger partial charge in [-0.2, -0.15) is 0 Å². The van der Waals surface area contributed by atoms with Gasteiger partial charge in [-0.1, -0.05) is 0 Å². The van der Waals surface area contributed by atoms with Crippen molar-refractivity contribution in [3.63, 3.8) is 0 Å². The van der Waals surface area contributed by atoms with E-state index in [1.165, 1.54) is 0 Å². The third-order valence-electron chi connectivity index (χ3n) is 1.24. The van der Waals surface area contributed by atoms with Gasteiger partial charge in [-0.15, -0.1) is 0 Å². The van der Waals surface area contributed by atoms with Crippen molar-refractivity contribution in [3.8, 4) is 0 Å². The van der Waals surface area contributed by atoms with E-state index in [2.05, 4.69) is 0 Å². The van der Waals surface area contributed by atoms with Crippen molar-refractivity contribution in [3.05, 3.63) is 0 Å². The molecule has 4 heteroatoms. The van der Waals surface area contributed by atoms with Crippen molar-refractivity contribution < 1.29 is 8.78 Å². The number of alkyl halides is 2. The molecule has 2 nitrogen and oxygen atoms in total. The fraction of sp³-hybridized carbons (Fsp3) is 0.600. The van der Waals surface area contributed by atoms with E-state index in [9.17, 15) is 8.78 Å². The molecular weight excluding hydrogens is 126 g/mol. The van der Waals surface area contributed by atoms with Gasteiger partial charge in [0.1, 0.15) is 0 Å². The Kier molecular flexibility index (Phi) is 1.12. The molecular formula is C5H6F2N2. The Hall–Kier alpha value is -0.800. The van der Waals surface area contributed by atoms with Gasteiger partial charge in [0.25, 0.3) is 5.92 Å². The summed E-state index contributed by atoms with van der Waals surface area (Å²) in [6, 6.07) is 0. The SMILES string of the molecule is N=C1CC(F)(F)CC1=N. The number of hydrogen-bond donors (Lipinski definition) is 2. The van der Waals surface area contributed by atoms with E-state index in [0.29, 0.717) is 0 Å². The maximum atomic E-state index is 12.2. The lowest BCUT2D eigenvalue weighted by atomic mass is 10.3. The van der Waals surface area contributed by atoms with Crippen LogP contribution in [0.25, 0.3) is 0 Å². The maximum Gasteiger partial charge on any atom is 0.259 e. The molecule has 0 saturated heterocycles. The Labute approximate surface area is 50.9 Å². The molecule has 0 bridgehead atoms. The predicted octanol–water partition coefficient (Wildman–Crippen LogP) is 1.46. The summed E-state index contributed by atoms with van der Waals surface area (Å²) in [7, 11) is 0. The molecule has 1 saturated carbocycles. The van der Waals surface area contributed by atoms with Crippen molar-refractivity contribution in [2.45, 2.75) is 18.8 Å². The summed E-state index contributed by atoms with van der Waals surface area (Å²) in [5.74, 6) is -2.81. The normalized spacial score (nSPS) is 25.1. The first-order valence-electron chi connectivity index (χ1n) is 2.54. The molecule has 0 aromatic rings. The quantitative estimate of drug-likeness (QED) is 0.501. The molecule has 50 valence electrons. The van der Waals surface area contributed by atoms with Crippen LogP contribution in [0, 0.1) is 10.8 Å². The zero-order valence-electron chi connectivity index (χ0n) is 4.67. The van der Waals surface area contributed by atoms with Gasteiger partial charge in [0, 0.05) is 0 Å². The second-order valence-corrected chi connectivity index (χ2v) is 2.17. The lowest BCUT2D eigenvalue weighted by Gasteiger charge is -2.01. The average Bonchev–Trinajstić information content (AvgIpc) is 1.79. The van der Waals surface area contributed by atoms with E-state index in [1.54, 1.807) is 0 Å². The van der Waals surface area contributed by atoms with Crippen LogP contribution in [0.15, 0.2) is 0 Å². The molecule has 9 heavy (non-hydrogen) atoms. The van der Waals surface area contributed by atoms with Gasteiger partial charge in [-0.05, 0) is 0 Å². The molecule has 1 rings (SSSR count). The van der Waals surface area contributed by atoms with Crippen LogP contribution in [0.5, 0.6) is 0 Å². The van der Waals surface area contributed by atoms with E-state index < -0.39 is 18.8 Å². The standard InChI is InChI=1S/C5H6F2N2/c6-5(7)1-3(8)4(9)2-5/h8-9H,1-2H2. The Bertz CT molecular complexity index is 156. The lowest BCUT2D eigenvalue weighted by molar-refractivity contribution is 0.0236. The van der Waals surface area contributed by atoms with E-state index in [1.807, 2.05) is 0 Å². The molecule has 0 aromatic carbocycles. The van der Waals surface area contributed by atoms with E-state index in [-0.39, 0.29) is 11.4 Å². The van der Waals surface area contributed by atoms with Crippen LogP contribution in [0.3, 0.4) is 0 Å². The van der Waals surface area contributed by atoms with Crippen LogP contribution >= 0.6 is 0 Å². The molecule has 1 aliphatic carbocycles. The molecule has 0 unspecified atom stereocenters. The minimum absolute atomic E-state index is 0.222. The molecule has 1 fully saturated rings. The van der Waals surface area contributed by atoms with E-state index in [0.717, 1.165) is 0 Å². The monoisotopic (exact) mass is 132 g/mol. The van der Waals surface area contributed by atoms with E-state index >= 15 is 0 Å². The van der Waals surface area contributed by atoms with Crippen LogP contribution in [0.1, 0.15) is 12.8 Å². The van der Waals surface area contributed by atoms with Crippen LogP contribution < -0.4 is 0 Å². The maximum absolute atomic E-state index is 12.2. The van der Waals surface area contributed by atoms with Crippen LogP contribution in [0.2, 0.25) is 0 Å². The Morgan fingerprint density at radius 2 is 1.44 bits per heavy atom. The van der Waals surface area contributed by atoms with Crippen molar-refractivity contribution in [2.24, 2.45) is 0 Å². The molecule has 0 amide bonds. The fourth-order valence-corrected chi connectivity index (χ4v) is 0.793. The first kappa shape index (κ1) is 6.32. The third-order valence-corrected chi connectivity index (χ3v) is 1.24. The summed E-state index contributed by atoms with van der Waals surface area (Å²) in [4.78, 5) is 0. The van der Waals surface area contributed by atoms with Crippen molar-refractivity contribution in [2.75, 3.05) is 0 Å². The summed E-state index contributed by atoms with van der Waals surface area (Å²) in [6.45, 7) is 0. The smallest absolute Gasteiger partial charge is 0.259 e. The van der Waals surface area contributed by atoms with Gasteiger partial charge >= 0.3 is 0 Å². The molecule has 0 aromatic heterocycles. The Balaban J connectivity index is 2.76. The van der Waals surface area contributed by atoms with Gasteiger partial charge in [0.2, 0.25) is 0 Å². The number of rotatable bonds is 0. The van der Waals surface area contributed by atoms with Crippen LogP contribution in [0.4, 0.5) is 8.78 Å². The van der Waals surface area contributed by atoms with Gasteiger partial charge in [0.15, 0.2) is 0 Å². The number of hydrogen-bond acceptors (Lipinski definition) is 2. The van der Waals surface area contributed by atoms with Crippen molar-refractivity contribution in [1.29, 1.82) is 10.8 Å². The molecule has 2 N–H and O–H groups in total. The average molecular weight is 132 g/mol. The fourth-order valence-electron chi connectivity index (χ4n) is 0.793. The molecule has 0 heterocycles. The first-order chi connectivity index (χ1) is 4.01. The summed E-state index contributed by atoms with van der Waals surface area (Å²) < 4.78 is 24.3. The highest BCUT2D eigenvalue weighted by atomic mass is 19.3. The lowest BCUT2D eigenvalue weighted by Crippen LogP contribution is -2.09. The highest BCUT2D eigenvalue weighted by Gasteiger charge is 2.40. The molecule has 0 aliphatic heterocycles. The van der Waals surface area contributed by atoms with Gasteiger partial charge in [-0.25, -0.2) is 8.78 Å². The van der Waals surface area contributed by atoms with Gasteiger partial charge in [0.05, 0.1) is 24.3 Å². The van der Waals surface area contributed by atoms with Gasteiger partial charge in [-0.3, -0.25) is 0 Å².